The zero-order chi connectivity index (χ0) is 72.6. The maximum atomic E-state index is 13.4. The highest BCUT2D eigenvalue weighted by atomic mass is 32.2. The molecule has 0 aromatic heterocycles. The molecule has 0 unspecified atom stereocenters. The molecule has 0 fully saturated rings. The quantitative estimate of drug-likeness (QED) is 0.0327. The molecule has 100 heavy (non-hydrogen) atoms. The van der Waals surface area contributed by atoms with Crippen LogP contribution >= 0.6 is 0 Å². The van der Waals surface area contributed by atoms with Gasteiger partial charge in [0.1, 0.15) is 46.1 Å². The van der Waals surface area contributed by atoms with Crippen LogP contribution in [0.15, 0.2) is 238 Å². The van der Waals surface area contributed by atoms with Crippen LogP contribution in [0.1, 0.15) is 101 Å². The van der Waals surface area contributed by atoms with Gasteiger partial charge in [0.25, 0.3) is 0 Å². The summed E-state index contributed by atoms with van der Waals surface area (Å²) < 4.78 is 126. The van der Waals surface area contributed by atoms with Gasteiger partial charge in [-0.2, -0.15) is 0 Å². The number of fused-ring (bicyclic) bond motifs is 2. The van der Waals surface area contributed by atoms with Gasteiger partial charge in [-0.15, -0.1) is 0 Å². The highest BCUT2D eigenvalue weighted by Crippen LogP contribution is 2.35. The van der Waals surface area contributed by atoms with Gasteiger partial charge in [0.15, 0.2) is 39.3 Å². The van der Waals surface area contributed by atoms with Crippen LogP contribution in [0.3, 0.4) is 0 Å². The second-order valence-corrected chi connectivity index (χ2v) is 32.0. The number of methoxy groups -OCH3 is 4. The lowest BCUT2D eigenvalue weighted by Crippen LogP contribution is -2.07. The fraction of sp³-hybridized carbons (Fsp3) is 0.250. The molecule has 10 aromatic carbocycles. The van der Waals surface area contributed by atoms with E-state index < -0.39 is 39.3 Å². The van der Waals surface area contributed by atoms with Crippen molar-refractivity contribution in [1.82, 2.24) is 0 Å². The van der Waals surface area contributed by atoms with Crippen LogP contribution in [0.2, 0.25) is 0 Å². The van der Waals surface area contributed by atoms with Crippen molar-refractivity contribution in [3.8, 4) is 45.3 Å². The van der Waals surface area contributed by atoms with Crippen LogP contribution < -0.4 is 18.9 Å². The molecule has 0 saturated carbocycles. The number of carbonyl (C=O) groups is 4. The largest absolute Gasteiger partial charge is 0.497 e. The van der Waals surface area contributed by atoms with E-state index in [4.69, 9.17) is 18.9 Å². The van der Waals surface area contributed by atoms with Crippen LogP contribution in [0.25, 0.3) is 43.8 Å². The smallest absolute Gasteiger partial charge is 0.183 e. The van der Waals surface area contributed by atoms with E-state index in [2.05, 4.69) is 0 Å². The van der Waals surface area contributed by atoms with Gasteiger partial charge in [-0.1, -0.05) is 121 Å². The number of rotatable bonds is 28. The molecule has 16 nitrogen and oxygen atoms in total. The van der Waals surface area contributed by atoms with Gasteiger partial charge in [-0.05, 0) is 206 Å². The molecule has 0 radical (unpaired) electrons. The van der Waals surface area contributed by atoms with E-state index in [-0.39, 0.29) is 65.7 Å². The van der Waals surface area contributed by atoms with Crippen molar-refractivity contribution in [3.63, 3.8) is 0 Å². The number of carbonyl (C=O) groups excluding carboxylic acids is 4. The summed E-state index contributed by atoms with van der Waals surface area (Å²) in [4.78, 5) is 42.6. The van der Waals surface area contributed by atoms with Gasteiger partial charge in [-0.25, -0.2) is 33.7 Å². The Hall–Kier alpha value is -9.60. The van der Waals surface area contributed by atoms with Gasteiger partial charge in [0.2, 0.25) is 0 Å². The summed E-state index contributed by atoms with van der Waals surface area (Å²) in [5.41, 5.74) is 6.35. The second kappa shape index (κ2) is 36.5. The Balaban J connectivity index is 0.000000221. The summed E-state index contributed by atoms with van der Waals surface area (Å²) >= 11 is 0. The normalized spacial score (nSPS) is 11.4. The van der Waals surface area contributed by atoms with Crippen molar-refractivity contribution in [2.75, 3.05) is 28.4 Å². The summed E-state index contributed by atoms with van der Waals surface area (Å²) in [6.45, 7) is 6.31. The Morgan fingerprint density at radius 2 is 0.500 bits per heavy atom. The van der Waals surface area contributed by atoms with Gasteiger partial charge in [0, 0.05) is 36.5 Å². The fourth-order valence-corrected chi connectivity index (χ4v) is 16.5. The first kappa shape index (κ1) is 77.7. The number of hydrogen-bond acceptors (Lipinski definition) is 16. The van der Waals surface area contributed by atoms with Crippen molar-refractivity contribution in [3.05, 3.63) is 241 Å². The van der Waals surface area contributed by atoms with Crippen LogP contribution in [-0.4, -0.2) is 85.2 Å². The Bertz CT molecular complexity index is 4540. The molecule has 0 spiro atoms. The number of sulfone groups is 4. The summed E-state index contributed by atoms with van der Waals surface area (Å²) in [6.07, 6.45) is 5.90. The molecule has 0 amide bonds. The van der Waals surface area contributed by atoms with Crippen molar-refractivity contribution in [2.45, 2.75) is 122 Å². The molecular weight excluding hydrogens is 1350 g/mol. The van der Waals surface area contributed by atoms with Gasteiger partial charge in [0.05, 0.1) is 71.0 Å². The van der Waals surface area contributed by atoms with Crippen LogP contribution in [0, 0.1) is 0 Å². The molecular formula is C80H84O16S4. The number of benzene rings is 10. The topological polar surface area (TPSA) is 242 Å². The van der Waals surface area contributed by atoms with Crippen molar-refractivity contribution < 1.29 is 71.8 Å². The average molecular weight is 1430 g/mol. The average Bonchev–Trinajstić information content (AvgIpc) is 0.735. The molecule has 10 aromatic rings. The minimum atomic E-state index is -3.68. The SMILES string of the molecule is CC(=O)CCCCC(C)=O.CC(=O)CCCCC(C)=O.COc1ccc(CS(=O)(=O)c2ccc(-c3ccc(-c4ccc(S(=O)(=O)Cc5ccc(OC)cc5)cc4)cc3)cc2)cc1.COc1ccc(CS(=O)(=O)c2cccc3cc4c(S(=O)(=O)Cc5ccc(OC)cc5)cccc4cc23)cc1. The van der Waals surface area contributed by atoms with E-state index in [9.17, 15) is 52.8 Å². The Kier molecular flexibility index (Phi) is 28.4. The first-order valence-corrected chi connectivity index (χ1v) is 38.9. The maximum Gasteiger partial charge on any atom is 0.183 e. The lowest BCUT2D eigenvalue weighted by Gasteiger charge is -2.13. The van der Waals surface area contributed by atoms with E-state index in [0.29, 0.717) is 92.5 Å². The third kappa shape index (κ3) is 23.3. The molecule has 0 aliphatic rings. The lowest BCUT2D eigenvalue weighted by atomic mass is 10.0. The minimum Gasteiger partial charge on any atom is -0.497 e. The molecule has 0 N–H and O–H groups in total. The molecule has 0 saturated heterocycles. The first-order valence-electron chi connectivity index (χ1n) is 32.3. The molecule has 0 aliphatic carbocycles. The van der Waals surface area contributed by atoms with Gasteiger partial charge < -0.3 is 38.1 Å². The fourth-order valence-electron chi connectivity index (χ4n) is 10.7. The molecule has 524 valence electrons. The Morgan fingerprint density at radius 1 is 0.280 bits per heavy atom. The van der Waals surface area contributed by atoms with E-state index in [1.807, 2.05) is 24.3 Å². The van der Waals surface area contributed by atoms with E-state index in [1.54, 1.807) is 250 Å². The number of ether oxygens (including phenoxy) is 4. The maximum absolute atomic E-state index is 13.4. The van der Waals surface area contributed by atoms with E-state index in [0.717, 1.165) is 47.9 Å². The van der Waals surface area contributed by atoms with Gasteiger partial charge in [-0.3, -0.25) is 0 Å². The molecule has 0 atom stereocenters. The predicted octanol–water partition coefficient (Wildman–Crippen LogP) is 16.4. The minimum absolute atomic E-state index is 0.0907. The zero-order valence-corrected chi connectivity index (χ0v) is 60.7. The van der Waals surface area contributed by atoms with Crippen LogP contribution in [0.4, 0.5) is 0 Å². The summed E-state index contributed by atoms with van der Waals surface area (Å²) in [7, 11) is -8.11. The summed E-state index contributed by atoms with van der Waals surface area (Å²) in [6, 6.07) is 63.1. The number of hydrogen-bond donors (Lipinski definition) is 0. The van der Waals surface area contributed by atoms with Crippen LogP contribution in [0.5, 0.6) is 23.0 Å². The van der Waals surface area contributed by atoms with Crippen molar-refractivity contribution >= 4 is 84.0 Å². The summed E-state index contributed by atoms with van der Waals surface area (Å²) in [5, 5.41) is 2.41. The molecule has 10 rings (SSSR count). The lowest BCUT2D eigenvalue weighted by molar-refractivity contribution is -0.118. The highest BCUT2D eigenvalue weighted by molar-refractivity contribution is 7.91. The predicted molar refractivity (Wildman–Crippen MR) is 394 cm³/mol. The molecule has 20 heteroatoms. The van der Waals surface area contributed by atoms with E-state index >= 15 is 0 Å². The molecule has 0 aliphatic heterocycles. The zero-order valence-electron chi connectivity index (χ0n) is 57.4. The van der Waals surface area contributed by atoms with Gasteiger partial charge >= 0.3 is 0 Å². The van der Waals surface area contributed by atoms with Crippen molar-refractivity contribution in [2.24, 2.45) is 0 Å². The summed E-state index contributed by atoms with van der Waals surface area (Å²) in [5.74, 6) is 3.00. The monoisotopic (exact) mass is 1430 g/mol. The third-order valence-electron chi connectivity index (χ3n) is 16.1. The van der Waals surface area contributed by atoms with Crippen molar-refractivity contribution in [1.29, 1.82) is 0 Å². The second-order valence-electron chi connectivity index (χ2n) is 24.1. The highest BCUT2D eigenvalue weighted by Gasteiger charge is 2.23. The molecule has 0 heterocycles. The standard InChI is InChI=1S/C34H30O6S2.C30H26O6S2.2C8H14O2/c1-39-31-15-3-25(4-16-31)23-41(35,36)33-19-11-29(12-20-33)27-7-9-28(10-8-27)30-13-21-34(22-14-30)42(37,38)24-26-5-17-32(40-2)18-6-26;1-35-25-13-9-21(10-14-25)19-37(31,32)29-7-3-5-23-18-28-24(17-27(23)29)6-4-8-30(28)38(33,34)20-22-11-15-26(36-2)16-12-22;2*1-7(9)5-3-4-6-8(2)10/h3-22H,23-24H2,1-2H3;3-18H,19-20H2,1-2H3;2*3-6H2,1-2H3. The first-order chi connectivity index (χ1) is 47.6. The third-order valence-corrected chi connectivity index (χ3v) is 23.0. The van der Waals surface area contributed by atoms with E-state index in [1.165, 1.54) is 0 Å². The van der Waals surface area contributed by atoms with Crippen LogP contribution in [-0.2, 0) is 81.5 Å². The molecule has 0 bridgehead atoms. The Labute approximate surface area is 588 Å². The Morgan fingerprint density at radius 3 is 0.720 bits per heavy atom. The number of ketones is 4. The number of Topliss-reactive ketones (excluding diaryl/α,β-unsaturated/α-hetero) is 4. The number of unbranched alkanes of at least 4 members (excludes halogenated alkanes) is 2.